The molecule has 0 unspecified atom stereocenters. The SMILES string of the molecule is COC(=O)/C=C/[C@@H]1c2ccccc2CCC[C@H]2O[C@@H]1CN2S(=O)(=O)c1ccc(C)cc1. The van der Waals surface area contributed by atoms with Crippen LogP contribution in [0.4, 0.5) is 0 Å². The fourth-order valence-corrected chi connectivity index (χ4v) is 5.91. The number of esters is 1. The second-order valence-electron chi connectivity index (χ2n) is 8.02. The number of aryl methyl sites for hydroxylation is 2. The first-order valence-corrected chi connectivity index (χ1v) is 11.9. The minimum absolute atomic E-state index is 0.228. The third-order valence-corrected chi connectivity index (χ3v) is 7.86. The van der Waals surface area contributed by atoms with E-state index in [1.54, 1.807) is 30.3 Å². The van der Waals surface area contributed by atoms with E-state index in [4.69, 9.17) is 9.47 Å². The summed E-state index contributed by atoms with van der Waals surface area (Å²) in [5.41, 5.74) is 3.26. The summed E-state index contributed by atoms with van der Waals surface area (Å²) in [6.45, 7) is 2.15. The Labute approximate surface area is 183 Å². The number of nitrogens with zero attached hydrogens (tertiary/aromatic N) is 1. The highest BCUT2D eigenvalue weighted by Crippen LogP contribution is 2.38. The number of benzene rings is 2. The fraction of sp³-hybridized carbons (Fsp3) is 0.375. The third-order valence-electron chi connectivity index (χ3n) is 5.99. The lowest BCUT2D eigenvalue weighted by Crippen LogP contribution is -2.37. The summed E-state index contributed by atoms with van der Waals surface area (Å²) in [4.78, 5) is 12.0. The average Bonchev–Trinajstić information content (AvgIpc) is 3.21. The van der Waals surface area contributed by atoms with E-state index >= 15 is 0 Å². The Bertz CT molecular complexity index is 1080. The minimum atomic E-state index is -3.70. The van der Waals surface area contributed by atoms with Crippen molar-refractivity contribution in [3.05, 3.63) is 77.4 Å². The van der Waals surface area contributed by atoms with Crippen molar-refractivity contribution in [3.8, 4) is 0 Å². The van der Waals surface area contributed by atoms with Crippen molar-refractivity contribution >= 4 is 16.0 Å². The van der Waals surface area contributed by atoms with E-state index in [2.05, 4.69) is 6.07 Å². The lowest BCUT2D eigenvalue weighted by molar-refractivity contribution is -0.134. The number of carbonyl (C=O) groups excluding carboxylic acids is 1. The molecule has 31 heavy (non-hydrogen) atoms. The number of hydrogen-bond donors (Lipinski definition) is 0. The molecule has 0 aliphatic carbocycles. The molecular weight excluding hydrogens is 414 g/mol. The molecule has 6 nitrogen and oxygen atoms in total. The zero-order valence-electron chi connectivity index (χ0n) is 17.7. The molecule has 0 radical (unpaired) electrons. The molecule has 7 heteroatoms. The standard InChI is InChI=1S/C24H27NO5S/c1-17-10-12-19(13-11-17)31(27,28)25-16-22-21(14-15-24(26)29-2)20-8-4-3-6-18(20)7-5-9-23(25)30-22/h3-4,6,8,10-15,21-23H,5,7,9,16H2,1-2H3/b15-14+/t21-,22-,23-/m1/s1. The van der Waals surface area contributed by atoms with Gasteiger partial charge in [0.1, 0.15) is 6.23 Å². The molecule has 3 atom stereocenters. The molecule has 2 aliphatic heterocycles. The van der Waals surface area contributed by atoms with Crippen LogP contribution in [0.1, 0.15) is 35.4 Å². The van der Waals surface area contributed by atoms with Crippen molar-refractivity contribution in [1.82, 2.24) is 4.31 Å². The van der Waals surface area contributed by atoms with Gasteiger partial charge in [-0.2, -0.15) is 4.31 Å². The van der Waals surface area contributed by atoms with Crippen molar-refractivity contribution in [2.75, 3.05) is 13.7 Å². The summed E-state index contributed by atoms with van der Waals surface area (Å²) in [5.74, 6) is -0.704. The van der Waals surface area contributed by atoms with Crippen LogP contribution in [0.15, 0.2) is 65.6 Å². The lowest BCUT2D eigenvalue weighted by Gasteiger charge is -2.24. The molecule has 164 valence electrons. The van der Waals surface area contributed by atoms with Crippen molar-refractivity contribution in [2.45, 2.75) is 49.3 Å². The largest absolute Gasteiger partial charge is 0.466 e. The molecule has 0 aromatic heterocycles. The van der Waals surface area contributed by atoms with Gasteiger partial charge in [0.2, 0.25) is 10.0 Å². The first-order chi connectivity index (χ1) is 14.9. The van der Waals surface area contributed by atoms with Crippen LogP contribution in [0.3, 0.4) is 0 Å². The predicted octanol–water partition coefficient (Wildman–Crippen LogP) is 3.56. The molecule has 0 N–H and O–H groups in total. The summed E-state index contributed by atoms with van der Waals surface area (Å²) in [5, 5.41) is 0. The summed E-state index contributed by atoms with van der Waals surface area (Å²) in [6, 6.07) is 15.0. The topological polar surface area (TPSA) is 72.9 Å². The second-order valence-corrected chi connectivity index (χ2v) is 9.91. The molecule has 0 amide bonds. The van der Waals surface area contributed by atoms with Gasteiger partial charge in [0, 0.05) is 18.5 Å². The van der Waals surface area contributed by atoms with Crippen molar-refractivity contribution in [1.29, 1.82) is 0 Å². The molecule has 2 aromatic carbocycles. The van der Waals surface area contributed by atoms with Gasteiger partial charge >= 0.3 is 5.97 Å². The predicted molar refractivity (Wildman–Crippen MR) is 117 cm³/mol. The highest BCUT2D eigenvalue weighted by molar-refractivity contribution is 7.89. The van der Waals surface area contributed by atoms with E-state index in [0.29, 0.717) is 6.42 Å². The third kappa shape index (κ3) is 4.44. The van der Waals surface area contributed by atoms with E-state index in [9.17, 15) is 13.2 Å². The quantitative estimate of drug-likeness (QED) is 0.536. The number of fused-ring (bicyclic) bond motifs is 3. The first kappa shape index (κ1) is 21.7. The van der Waals surface area contributed by atoms with E-state index in [1.165, 1.54) is 23.1 Å². The zero-order chi connectivity index (χ0) is 22.0. The van der Waals surface area contributed by atoms with Crippen molar-refractivity contribution in [2.24, 2.45) is 0 Å². The van der Waals surface area contributed by atoms with Gasteiger partial charge in [0.15, 0.2) is 0 Å². The Morgan fingerprint density at radius 2 is 1.90 bits per heavy atom. The van der Waals surface area contributed by atoms with Gasteiger partial charge in [-0.25, -0.2) is 13.2 Å². The molecule has 1 saturated heterocycles. The molecule has 4 rings (SSSR count). The van der Waals surface area contributed by atoms with Crippen LogP contribution in [0.25, 0.3) is 0 Å². The van der Waals surface area contributed by atoms with E-state index in [1.807, 2.05) is 25.1 Å². The Kier molecular flexibility index (Phi) is 6.27. The highest BCUT2D eigenvalue weighted by atomic mass is 32.2. The van der Waals surface area contributed by atoms with Crippen LogP contribution in [0.5, 0.6) is 0 Å². The Balaban J connectivity index is 1.71. The van der Waals surface area contributed by atoms with Crippen LogP contribution in [0.2, 0.25) is 0 Å². The van der Waals surface area contributed by atoms with Crippen LogP contribution < -0.4 is 0 Å². The molecule has 2 bridgehead atoms. The van der Waals surface area contributed by atoms with Gasteiger partial charge in [-0.3, -0.25) is 0 Å². The fourth-order valence-electron chi connectivity index (χ4n) is 4.35. The maximum Gasteiger partial charge on any atom is 0.330 e. The minimum Gasteiger partial charge on any atom is -0.466 e. The summed E-state index contributed by atoms with van der Waals surface area (Å²) < 4.78 is 39.4. The highest BCUT2D eigenvalue weighted by Gasteiger charge is 2.44. The van der Waals surface area contributed by atoms with Crippen LogP contribution in [-0.4, -0.2) is 44.7 Å². The smallest absolute Gasteiger partial charge is 0.330 e. The molecule has 1 fully saturated rings. The number of methoxy groups -OCH3 is 1. The van der Waals surface area contributed by atoms with Gasteiger partial charge in [-0.1, -0.05) is 48.0 Å². The summed E-state index contributed by atoms with van der Waals surface area (Å²) in [6.07, 6.45) is 4.49. The van der Waals surface area contributed by atoms with Crippen molar-refractivity contribution < 1.29 is 22.7 Å². The van der Waals surface area contributed by atoms with Gasteiger partial charge in [-0.05, 0) is 49.4 Å². The van der Waals surface area contributed by atoms with Crippen molar-refractivity contribution in [3.63, 3.8) is 0 Å². The number of ether oxygens (including phenoxy) is 2. The van der Waals surface area contributed by atoms with Gasteiger partial charge in [0.05, 0.1) is 18.1 Å². The molecule has 0 saturated carbocycles. The second kappa shape index (κ2) is 8.94. The molecule has 2 heterocycles. The van der Waals surface area contributed by atoms with Gasteiger partial charge in [0.25, 0.3) is 0 Å². The van der Waals surface area contributed by atoms with E-state index in [0.717, 1.165) is 24.0 Å². The molecule has 0 spiro atoms. The maximum atomic E-state index is 13.4. The zero-order valence-corrected chi connectivity index (χ0v) is 18.5. The van der Waals surface area contributed by atoms with E-state index in [-0.39, 0.29) is 17.4 Å². The summed E-state index contributed by atoms with van der Waals surface area (Å²) >= 11 is 0. The molecule has 2 aliphatic rings. The maximum absolute atomic E-state index is 13.4. The number of carbonyl (C=O) groups is 1. The van der Waals surface area contributed by atoms with Gasteiger partial charge in [-0.15, -0.1) is 0 Å². The number of sulfonamides is 1. The Morgan fingerprint density at radius 3 is 2.65 bits per heavy atom. The van der Waals surface area contributed by atoms with Crippen LogP contribution in [-0.2, 0) is 30.7 Å². The normalized spacial score (nSPS) is 24.3. The van der Waals surface area contributed by atoms with E-state index < -0.39 is 28.3 Å². The Hall–Kier alpha value is -2.48. The number of hydrogen-bond acceptors (Lipinski definition) is 5. The Morgan fingerprint density at radius 1 is 1.16 bits per heavy atom. The monoisotopic (exact) mass is 441 g/mol. The molecule has 2 aromatic rings. The van der Waals surface area contributed by atoms with Gasteiger partial charge < -0.3 is 9.47 Å². The molecular formula is C24H27NO5S. The van der Waals surface area contributed by atoms with Crippen LogP contribution in [0, 0.1) is 6.92 Å². The summed E-state index contributed by atoms with van der Waals surface area (Å²) in [7, 11) is -2.36. The first-order valence-electron chi connectivity index (χ1n) is 10.5. The average molecular weight is 442 g/mol. The lowest BCUT2D eigenvalue weighted by atomic mass is 9.87. The number of rotatable bonds is 4. The van der Waals surface area contributed by atoms with Crippen LogP contribution >= 0.6 is 0 Å².